The number of allylic oxidation sites excluding steroid dienone is 1. The molecular weight excluding hydrogens is 252 g/mol. The number of hydrogen-bond acceptors (Lipinski definition) is 3. The van der Waals surface area contributed by atoms with E-state index in [4.69, 9.17) is 5.11 Å². The summed E-state index contributed by atoms with van der Waals surface area (Å²) in [5.41, 5.74) is 0.0993. The second-order valence-electron chi connectivity index (χ2n) is 4.17. The number of hydrogen-bond donors (Lipinski definition) is 2. The number of alkyl halides is 3. The predicted molar refractivity (Wildman–Crippen MR) is 61.0 cm³/mol. The summed E-state index contributed by atoms with van der Waals surface area (Å²) in [6.45, 7) is -0.477. The van der Waals surface area contributed by atoms with Crippen LogP contribution in [0.1, 0.15) is 32.1 Å². The average Bonchev–Trinajstić information content (AvgIpc) is 2.28. The molecule has 1 fully saturated rings. The summed E-state index contributed by atoms with van der Waals surface area (Å²) in [5.74, 6) is -1.51. The number of halogens is 3. The lowest BCUT2D eigenvalue weighted by atomic mass is 9.95. The van der Waals surface area contributed by atoms with Gasteiger partial charge in [0.25, 0.3) is 0 Å². The van der Waals surface area contributed by atoms with Crippen molar-refractivity contribution < 1.29 is 18.7 Å². The van der Waals surface area contributed by atoms with Gasteiger partial charge in [-0.15, -0.1) is 0 Å². The first-order valence-corrected chi connectivity index (χ1v) is 6.00. The molecule has 1 aliphatic rings. The molecule has 6 heteroatoms. The third kappa shape index (κ3) is 5.00. The van der Waals surface area contributed by atoms with E-state index in [1.807, 2.05) is 0 Å². The van der Waals surface area contributed by atoms with Gasteiger partial charge in [0, 0.05) is 17.8 Å². The number of ketones is 1. The van der Waals surface area contributed by atoms with E-state index in [-0.39, 0.29) is 11.7 Å². The first kappa shape index (κ1) is 14.4. The molecular formula is C11H16ClF2NO2. The topological polar surface area (TPSA) is 49.3 Å². The largest absolute Gasteiger partial charge is 0.390 e. The zero-order valence-electron chi connectivity index (χ0n) is 9.39. The molecule has 0 aromatic carbocycles. The lowest BCUT2D eigenvalue weighted by Crippen LogP contribution is -2.33. The van der Waals surface area contributed by atoms with E-state index in [1.165, 1.54) is 0 Å². The van der Waals surface area contributed by atoms with Gasteiger partial charge in [0.05, 0.1) is 6.61 Å². The minimum absolute atomic E-state index is 0.0993. The average molecular weight is 268 g/mol. The number of rotatable bonds is 5. The van der Waals surface area contributed by atoms with Crippen molar-refractivity contribution in [2.24, 2.45) is 0 Å². The summed E-state index contributed by atoms with van der Waals surface area (Å²) in [7, 11) is 0. The van der Waals surface area contributed by atoms with Crippen LogP contribution >= 0.6 is 11.6 Å². The standard InChI is InChI=1S/C11H16ClF2NO2/c12-11(13,14)10(17)6-9(7-16)15-8-4-2-1-3-5-8/h6,8,15-16H,1-5,7H2/b9-6-. The fourth-order valence-electron chi connectivity index (χ4n) is 1.88. The van der Waals surface area contributed by atoms with E-state index < -0.39 is 17.8 Å². The quantitative estimate of drug-likeness (QED) is 0.593. The Balaban J connectivity index is 2.58. The molecule has 0 aromatic rings. The highest BCUT2D eigenvalue weighted by atomic mass is 35.5. The van der Waals surface area contributed by atoms with Gasteiger partial charge in [-0.2, -0.15) is 8.78 Å². The van der Waals surface area contributed by atoms with E-state index in [9.17, 15) is 13.6 Å². The summed E-state index contributed by atoms with van der Waals surface area (Å²) in [5, 5.41) is 8.00. The van der Waals surface area contributed by atoms with Gasteiger partial charge in [-0.25, -0.2) is 0 Å². The minimum Gasteiger partial charge on any atom is -0.390 e. The van der Waals surface area contributed by atoms with Crippen LogP contribution in [-0.4, -0.2) is 28.9 Å². The lowest BCUT2D eigenvalue weighted by molar-refractivity contribution is -0.128. The fraction of sp³-hybridized carbons (Fsp3) is 0.727. The van der Waals surface area contributed by atoms with Crippen LogP contribution < -0.4 is 5.32 Å². The second-order valence-corrected chi connectivity index (χ2v) is 4.64. The first-order chi connectivity index (χ1) is 7.93. The number of carbonyl (C=O) groups excluding carboxylic acids is 1. The fourth-order valence-corrected chi connectivity index (χ4v) is 1.94. The lowest BCUT2D eigenvalue weighted by Gasteiger charge is -2.24. The zero-order chi connectivity index (χ0) is 12.9. The Hall–Kier alpha value is -0.680. The van der Waals surface area contributed by atoms with Crippen molar-refractivity contribution in [1.82, 2.24) is 5.32 Å². The molecule has 0 bridgehead atoms. The summed E-state index contributed by atoms with van der Waals surface area (Å²) < 4.78 is 24.9. The normalized spacial score (nSPS) is 19.2. The van der Waals surface area contributed by atoms with E-state index in [2.05, 4.69) is 16.9 Å². The number of carbonyl (C=O) groups is 1. The van der Waals surface area contributed by atoms with Gasteiger partial charge < -0.3 is 10.4 Å². The predicted octanol–water partition coefficient (Wildman–Crippen LogP) is 2.19. The van der Waals surface area contributed by atoms with Crippen molar-refractivity contribution >= 4 is 17.4 Å². The molecule has 2 N–H and O–H groups in total. The summed E-state index contributed by atoms with van der Waals surface area (Å²) in [4.78, 5) is 11.0. The summed E-state index contributed by atoms with van der Waals surface area (Å²) >= 11 is 4.59. The van der Waals surface area contributed by atoms with Crippen LogP contribution in [0, 0.1) is 0 Å². The number of aliphatic hydroxyl groups excluding tert-OH is 1. The highest BCUT2D eigenvalue weighted by Gasteiger charge is 2.34. The molecule has 1 rings (SSSR count). The molecule has 0 unspecified atom stereocenters. The van der Waals surface area contributed by atoms with Crippen LogP contribution in [0.5, 0.6) is 0 Å². The Kier molecular flexibility index (Phi) is 5.33. The third-order valence-corrected chi connectivity index (χ3v) is 2.94. The van der Waals surface area contributed by atoms with Crippen LogP contribution in [0.4, 0.5) is 8.78 Å². The van der Waals surface area contributed by atoms with Crippen LogP contribution in [0.15, 0.2) is 11.8 Å². The van der Waals surface area contributed by atoms with Crippen LogP contribution in [-0.2, 0) is 4.79 Å². The molecule has 0 amide bonds. The number of aliphatic hydroxyl groups is 1. The SMILES string of the molecule is O=C(/C=C(/CO)NC1CCCCC1)C(F)(F)Cl. The molecule has 3 nitrogen and oxygen atoms in total. The van der Waals surface area contributed by atoms with Gasteiger partial charge in [0.2, 0.25) is 5.78 Å². The molecule has 0 spiro atoms. The van der Waals surface area contributed by atoms with Gasteiger partial charge >= 0.3 is 5.38 Å². The van der Waals surface area contributed by atoms with Gasteiger partial charge in [-0.05, 0) is 24.4 Å². The van der Waals surface area contributed by atoms with Crippen LogP contribution in [0.25, 0.3) is 0 Å². The van der Waals surface area contributed by atoms with E-state index in [0.29, 0.717) is 6.08 Å². The van der Waals surface area contributed by atoms with Crippen molar-refractivity contribution in [2.75, 3.05) is 6.61 Å². The van der Waals surface area contributed by atoms with Gasteiger partial charge in [0.15, 0.2) is 0 Å². The van der Waals surface area contributed by atoms with Crippen molar-refractivity contribution in [3.8, 4) is 0 Å². The molecule has 17 heavy (non-hydrogen) atoms. The molecule has 1 saturated carbocycles. The molecule has 0 atom stereocenters. The summed E-state index contributed by atoms with van der Waals surface area (Å²) in [6, 6.07) is 0.138. The minimum atomic E-state index is -3.91. The monoisotopic (exact) mass is 267 g/mol. The van der Waals surface area contributed by atoms with Crippen LogP contribution in [0.2, 0.25) is 0 Å². The molecule has 98 valence electrons. The van der Waals surface area contributed by atoms with Crippen molar-refractivity contribution in [2.45, 2.75) is 43.5 Å². The second kappa shape index (κ2) is 6.31. The molecule has 0 aromatic heterocycles. The van der Waals surface area contributed by atoms with Crippen molar-refractivity contribution in [3.05, 3.63) is 11.8 Å². The smallest absolute Gasteiger partial charge is 0.384 e. The maximum Gasteiger partial charge on any atom is 0.384 e. The van der Waals surface area contributed by atoms with E-state index in [1.54, 1.807) is 0 Å². The Morgan fingerprint density at radius 2 is 2.00 bits per heavy atom. The molecule has 0 aliphatic heterocycles. The Morgan fingerprint density at radius 3 is 2.47 bits per heavy atom. The first-order valence-electron chi connectivity index (χ1n) is 5.62. The molecule has 1 aliphatic carbocycles. The highest BCUT2D eigenvalue weighted by Crippen LogP contribution is 2.22. The Morgan fingerprint density at radius 1 is 1.41 bits per heavy atom. The van der Waals surface area contributed by atoms with Crippen molar-refractivity contribution in [1.29, 1.82) is 0 Å². The molecule has 0 saturated heterocycles. The third-order valence-electron chi connectivity index (χ3n) is 2.75. The summed E-state index contributed by atoms with van der Waals surface area (Å²) in [6.07, 6.45) is 5.81. The maximum atomic E-state index is 12.5. The van der Waals surface area contributed by atoms with E-state index in [0.717, 1.165) is 32.1 Å². The van der Waals surface area contributed by atoms with Crippen molar-refractivity contribution in [3.63, 3.8) is 0 Å². The van der Waals surface area contributed by atoms with Gasteiger partial charge in [0.1, 0.15) is 0 Å². The number of nitrogens with one attached hydrogen (secondary N) is 1. The highest BCUT2D eigenvalue weighted by molar-refractivity contribution is 6.34. The van der Waals surface area contributed by atoms with Gasteiger partial charge in [-0.3, -0.25) is 4.79 Å². The zero-order valence-corrected chi connectivity index (χ0v) is 10.1. The maximum absolute atomic E-state index is 12.5. The Labute approximate surface area is 104 Å². The molecule has 0 heterocycles. The van der Waals surface area contributed by atoms with E-state index >= 15 is 0 Å². The molecule has 0 radical (unpaired) electrons. The van der Waals surface area contributed by atoms with Gasteiger partial charge in [-0.1, -0.05) is 19.3 Å². The Bertz CT molecular complexity index is 296. The van der Waals surface area contributed by atoms with Crippen LogP contribution in [0.3, 0.4) is 0 Å².